The fraction of sp³-hybridized carbons (Fsp3) is 0.625. The predicted octanol–water partition coefficient (Wildman–Crippen LogP) is 0.378. The van der Waals surface area contributed by atoms with Gasteiger partial charge in [-0.05, 0) is 6.92 Å². The highest BCUT2D eigenvalue weighted by molar-refractivity contribution is 5.36. The van der Waals surface area contributed by atoms with Gasteiger partial charge in [-0.15, -0.1) is 0 Å². The van der Waals surface area contributed by atoms with E-state index in [1.54, 1.807) is 7.05 Å². The maximum Gasteiger partial charge on any atom is 0.322 e. The van der Waals surface area contributed by atoms with Gasteiger partial charge in [-0.25, -0.2) is 0 Å². The van der Waals surface area contributed by atoms with E-state index in [1.165, 1.54) is 7.11 Å². The van der Waals surface area contributed by atoms with Crippen LogP contribution in [0.3, 0.4) is 0 Å². The molecule has 78 valence electrons. The van der Waals surface area contributed by atoms with Crippen molar-refractivity contribution in [2.45, 2.75) is 6.92 Å². The van der Waals surface area contributed by atoms with Gasteiger partial charge in [-0.3, -0.25) is 0 Å². The van der Waals surface area contributed by atoms with E-state index in [1.807, 2.05) is 18.9 Å². The van der Waals surface area contributed by atoms with Crippen LogP contribution in [0.25, 0.3) is 0 Å². The van der Waals surface area contributed by atoms with Crippen molar-refractivity contribution >= 4 is 11.9 Å². The van der Waals surface area contributed by atoms with E-state index in [0.29, 0.717) is 17.9 Å². The zero-order chi connectivity index (χ0) is 10.6. The minimum Gasteiger partial charge on any atom is -0.467 e. The molecule has 0 saturated heterocycles. The lowest BCUT2D eigenvalue weighted by molar-refractivity contribution is 0.379. The Labute approximate surface area is 83.3 Å². The van der Waals surface area contributed by atoms with Crippen molar-refractivity contribution in [2.75, 3.05) is 38.0 Å². The number of hydrogen-bond acceptors (Lipinski definition) is 6. The van der Waals surface area contributed by atoms with Crippen LogP contribution in [0, 0.1) is 0 Å². The van der Waals surface area contributed by atoms with Gasteiger partial charge in [-0.1, -0.05) is 0 Å². The van der Waals surface area contributed by atoms with Gasteiger partial charge in [0.1, 0.15) is 0 Å². The molecule has 14 heavy (non-hydrogen) atoms. The van der Waals surface area contributed by atoms with E-state index in [0.717, 1.165) is 6.54 Å². The molecule has 0 aliphatic rings. The summed E-state index contributed by atoms with van der Waals surface area (Å²) in [7, 11) is 5.20. The summed E-state index contributed by atoms with van der Waals surface area (Å²) < 4.78 is 4.96. The third kappa shape index (κ3) is 2.21. The average molecular weight is 197 g/mol. The summed E-state index contributed by atoms with van der Waals surface area (Å²) in [5, 5.41) is 2.85. The molecule has 0 amide bonds. The largest absolute Gasteiger partial charge is 0.467 e. The van der Waals surface area contributed by atoms with E-state index < -0.39 is 0 Å². The van der Waals surface area contributed by atoms with E-state index in [9.17, 15) is 0 Å². The molecule has 0 bridgehead atoms. The molecule has 0 aliphatic heterocycles. The van der Waals surface area contributed by atoms with Crippen LogP contribution in [0.5, 0.6) is 6.01 Å². The first kappa shape index (κ1) is 10.5. The van der Waals surface area contributed by atoms with Gasteiger partial charge in [0.05, 0.1) is 7.11 Å². The Morgan fingerprint density at radius 2 is 2.07 bits per heavy atom. The third-order valence-corrected chi connectivity index (χ3v) is 1.83. The van der Waals surface area contributed by atoms with Crippen LogP contribution in [0.2, 0.25) is 0 Å². The summed E-state index contributed by atoms with van der Waals surface area (Å²) in [6.07, 6.45) is 0. The normalized spacial score (nSPS) is 9.71. The standard InChI is InChI=1S/C8H15N5O/c1-5-13(3)7-10-6(9-2)11-8(12-7)14-4/h5H2,1-4H3,(H,9,10,11,12). The molecular weight excluding hydrogens is 182 g/mol. The smallest absolute Gasteiger partial charge is 0.322 e. The van der Waals surface area contributed by atoms with Crippen molar-refractivity contribution in [2.24, 2.45) is 0 Å². The number of hydrogen-bond donors (Lipinski definition) is 1. The Morgan fingerprint density at radius 1 is 1.36 bits per heavy atom. The molecule has 0 aliphatic carbocycles. The molecule has 6 nitrogen and oxygen atoms in total. The van der Waals surface area contributed by atoms with E-state index in [2.05, 4.69) is 20.3 Å². The monoisotopic (exact) mass is 197 g/mol. The van der Waals surface area contributed by atoms with Crippen LogP contribution >= 0.6 is 0 Å². The number of nitrogens with zero attached hydrogens (tertiary/aromatic N) is 4. The molecule has 1 aromatic rings. The van der Waals surface area contributed by atoms with Crippen LogP contribution in [0.1, 0.15) is 6.92 Å². The highest BCUT2D eigenvalue weighted by Gasteiger charge is 2.07. The molecular formula is C8H15N5O. The molecule has 1 N–H and O–H groups in total. The number of nitrogens with one attached hydrogen (secondary N) is 1. The second-order valence-corrected chi connectivity index (χ2v) is 2.71. The molecule has 1 heterocycles. The van der Waals surface area contributed by atoms with Crippen LogP contribution in [-0.2, 0) is 0 Å². The molecule has 1 rings (SSSR count). The van der Waals surface area contributed by atoms with Crippen LogP contribution in [0.15, 0.2) is 0 Å². The Hall–Kier alpha value is -1.59. The van der Waals surface area contributed by atoms with E-state index >= 15 is 0 Å². The van der Waals surface area contributed by atoms with Gasteiger partial charge < -0.3 is 15.0 Å². The first-order chi connectivity index (χ1) is 6.71. The summed E-state index contributed by atoms with van der Waals surface area (Å²) in [6.45, 7) is 2.85. The number of methoxy groups -OCH3 is 1. The first-order valence-electron chi connectivity index (χ1n) is 4.40. The number of ether oxygens (including phenoxy) is 1. The second kappa shape index (κ2) is 4.59. The highest BCUT2D eigenvalue weighted by atomic mass is 16.5. The van der Waals surface area contributed by atoms with Crippen molar-refractivity contribution in [3.8, 4) is 6.01 Å². The lowest BCUT2D eigenvalue weighted by Crippen LogP contribution is -2.20. The molecule has 6 heteroatoms. The summed E-state index contributed by atoms with van der Waals surface area (Å²) in [5.41, 5.74) is 0. The van der Waals surface area contributed by atoms with Gasteiger partial charge in [0.25, 0.3) is 0 Å². The van der Waals surface area contributed by atoms with Gasteiger partial charge in [0.2, 0.25) is 11.9 Å². The quantitative estimate of drug-likeness (QED) is 0.752. The van der Waals surface area contributed by atoms with Crippen LogP contribution < -0.4 is 15.0 Å². The van der Waals surface area contributed by atoms with Gasteiger partial charge in [-0.2, -0.15) is 15.0 Å². The number of anilines is 2. The van der Waals surface area contributed by atoms with E-state index in [-0.39, 0.29) is 0 Å². The second-order valence-electron chi connectivity index (χ2n) is 2.71. The summed E-state index contributed by atoms with van der Waals surface area (Å²) in [4.78, 5) is 14.2. The molecule has 0 unspecified atom stereocenters. The topological polar surface area (TPSA) is 63.2 Å². The molecule has 1 aromatic heterocycles. The zero-order valence-corrected chi connectivity index (χ0v) is 8.90. The predicted molar refractivity (Wildman–Crippen MR) is 54.9 cm³/mol. The van der Waals surface area contributed by atoms with E-state index in [4.69, 9.17) is 4.74 Å². The molecule has 0 fully saturated rings. The molecule has 0 radical (unpaired) electrons. The number of aromatic nitrogens is 3. The van der Waals surface area contributed by atoms with Crippen LogP contribution in [-0.4, -0.2) is 42.7 Å². The molecule has 0 atom stereocenters. The Balaban J connectivity index is 3.04. The Morgan fingerprint density at radius 3 is 2.57 bits per heavy atom. The third-order valence-electron chi connectivity index (χ3n) is 1.83. The highest BCUT2D eigenvalue weighted by Crippen LogP contribution is 2.12. The maximum absolute atomic E-state index is 4.96. The fourth-order valence-electron chi connectivity index (χ4n) is 0.861. The van der Waals surface area contributed by atoms with Gasteiger partial charge >= 0.3 is 6.01 Å². The summed E-state index contributed by atoms with van der Waals surface area (Å²) in [6, 6.07) is 0.319. The molecule has 0 aromatic carbocycles. The SMILES string of the molecule is CCN(C)c1nc(NC)nc(OC)n1. The Bertz CT molecular complexity index is 282. The molecule has 0 saturated carbocycles. The lowest BCUT2D eigenvalue weighted by Gasteiger charge is -2.14. The Kier molecular flexibility index (Phi) is 3.44. The van der Waals surface area contributed by atoms with Gasteiger partial charge in [0, 0.05) is 20.6 Å². The van der Waals surface area contributed by atoms with Crippen molar-refractivity contribution in [3.63, 3.8) is 0 Å². The van der Waals surface area contributed by atoms with Crippen molar-refractivity contribution in [3.05, 3.63) is 0 Å². The number of rotatable bonds is 4. The van der Waals surface area contributed by atoms with Crippen molar-refractivity contribution in [1.29, 1.82) is 0 Å². The van der Waals surface area contributed by atoms with Crippen molar-refractivity contribution in [1.82, 2.24) is 15.0 Å². The van der Waals surface area contributed by atoms with Crippen molar-refractivity contribution < 1.29 is 4.74 Å². The molecule has 0 spiro atoms. The summed E-state index contributed by atoms with van der Waals surface area (Å²) in [5.74, 6) is 1.11. The average Bonchev–Trinajstić information content (AvgIpc) is 2.27. The van der Waals surface area contributed by atoms with Gasteiger partial charge in [0.15, 0.2) is 0 Å². The zero-order valence-electron chi connectivity index (χ0n) is 8.90. The maximum atomic E-state index is 4.96. The minimum atomic E-state index is 0.319. The summed E-state index contributed by atoms with van der Waals surface area (Å²) >= 11 is 0. The minimum absolute atomic E-state index is 0.319. The first-order valence-corrected chi connectivity index (χ1v) is 4.40. The fourth-order valence-corrected chi connectivity index (χ4v) is 0.861. The lowest BCUT2D eigenvalue weighted by atomic mass is 10.6. The van der Waals surface area contributed by atoms with Crippen LogP contribution in [0.4, 0.5) is 11.9 Å².